The van der Waals surface area contributed by atoms with E-state index in [4.69, 9.17) is 5.84 Å². The van der Waals surface area contributed by atoms with E-state index in [1.54, 1.807) is 6.20 Å². The molecule has 0 atom stereocenters. The van der Waals surface area contributed by atoms with E-state index in [9.17, 15) is 5.11 Å². The highest BCUT2D eigenvalue weighted by molar-refractivity contribution is 9.10. The van der Waals surface area contributed by atoms with Crippen molar-refractivity contribution in [1.29, 1.82) is 0 Å². The van der Waals surface area contributed by atoms with Gasteiger partial charge < -0.3 is 10.4 Å². The van der Waals surface area contributed by atoms with E-state index in [0.717, 1.165) is 42.5 Å². The minimum absolute atomic E-state index is 0.111. The molecule has 1 aromatic rings. The van der Waals surface area contributed by atoms with Gasteiger partial charge in [-0.1, -0.05) is 0 Å². The van der Waals surface area contributed by atoms with E-state index < -0.39 is 0 Å². The van der Waals surface area contributed by atoms with E-state index in [0.29, 0.717) is 11.9 Å². The summed E-state index contributed by atoms with van der Waals surface area (Å²) in [5.41, 5.74) is 2.42. The molecule has 0 amide bonds. The van der Waals surface area contributed by atoms with Gasteiger partial charge in [0.15, 0.2) is 0 Å². The number of aromatic nitrogens is 2. The molecule has 1 saturated carbocycles. The highest BCUT2D eigenvalue weighted by atomic mass is 79.9. The fraction of sp³-hybridized carbons (Fsp3) is 0.636. The van der Waals surface area contributed by atoms with E-state index in [1.165, 1.54) is 0 Å². The molecule has 0 radical (unpaired) electrons. The van der Waals surface area contributed by atoms with Gasteiger partial charge in [-0.15, -0.1) is 0 Å². The molecule has 0 saturated heterocycles. The van der Waals surface area contributed by atoms with Gasteiger partial charge in [0.1, 0.15) is 5.82 Å². The SMILES string of the molecule is NNc1ncc(Br)c(NCC2CCC(O)CC2)n1. The molecule has 1 aromatic heterocycles. The molecule has 18 heavy (non-hydrogen) atoms. The van der Waals surface area contributed by atoms with Crippen LogP contribution in [0.3, 0.4) is 0 Å². The lowest BCUT2D eigenvalue weighted by Crippen LogP contribution is -2.24. The second kappa shape index (κ2) is 6.31. The Balaban J connectivity index is 1.89. The van der Waals surface area contributed by atoms with Crippen LogP contribution in [0.2, 0.25) is 0 Å². The zero-order valence-corrected chi connectivity index (χ0v) is 11.7. The van der Waals surface area contributed by atoms with Crippen molar-refractivity contribution in [1.82, 2.24) is 9.97 Å². The summed E-state index contributed by atoms with van der Waals surface area (Å²) in [5.74, 6) is 6.99. The van der Waals surface area contributed by atoms with Crippen molar-refractivity contribution in [3.05, 3.63) is 10.7 Å². The van der Waals surface area contributed by atoms with Crippen molar-refractivity contribution in [2.45, 2.75) is 31.8 Å². The summed E-state index contributed by atoms with van der Waals surface area (Å²) in [6, 6.07) is 0. The molecule has 1 aliphatic rings. The van der Waals surface area contributed by atoms with Crippen molar-refractivity contribution in [2.24, 2.45) is 11.8 Å². The number of hydrogen-bond donors (Lipinski definition) is 4. The van der Waals surface area contributed by atoms with Crippen molar-refractivity contribution >= 4 is 27.7 Å². The van der Waals surface area contributed by atoms with Gasteiger partial charge in [-0.3, -0.25) is 5.43 Å². The van der Waals surface area contributed by atoms with Crippen LogP contribution < -0.4 is 16.6 Å². The van der Waals surface area contributed by atoms with Gasteiger partial charge in [0.05, 0.1) is 10.6 Å². The smallest absolute Gasteiger partial charge is 0.239 e. The Morgan fingerprint density at radius 1 is 1.39 bits per heavy atom. The topological polar surface area (TPSA) is 96.1 Å². The third-order valence-corrected chi connectivity index (χ3v) is 3.83. The Morgan fingerprint density at radius 2 is 2.11 bits per heavy atom. The minimum atomic E-state index is -0.111. The summed E-state index contributed by atoms with van der Waals surface area (Å²) in [7, 11) is 0. The summed E-state index contributed by atoms with van der Waals surface area (Å²) < 4.78 is 0.817. The lowest BCUT2D eigenvalue weighted by Gasteiger charge is -2.25. The maximum absolute atomic E-state index is 9.45. The van der Waals surface area contributed by atoms with E-state index in [1.807, 2.05) is 0 Å². The summed E-state index contributed by atoms with van der Waals surface area (Å²) in [5, 5.41) is 12.8. The molecule has 0 spiro atoms. The molecule has 2 rings (SSSR count). The van der Waals surface area contributed by atoms with Crippen LogP contribution in [0, 0.1) is 5.92 Å². The molecule has 1 heterocycles. The van der Waals surface area contributed by atoms with Gasteiger partial charge in [0.25, 0.3) is 0 Å². The quantitative estimate of drug-likeness (QED) is 0.496. The number of halogens is 1. The molecule has 0 bridgehead atoms. The summed E-state index contributed by atoms with van der Waals surface area (Å²) in [6.45, 7) is 0.854. The first-order valence-corrected chi connectivity index (χ1v) is 6.89. The maximum atomic E-state index is 9.45. The Labute approximate surface area is 114 Å². The second-order valence-electron chi connectivity index (χ2n) is 4.59. The average Bonchev–Trinajstić information content (AvgIpc) is 2.40. The number of nitrogens with one attached hydrogen (secondary N) is 2. The predicted octanol–water partition coefficient (Wildman–Crippen LogP) is 1.49. The Hall–Kier alpha value is -0.920. The Kier molecular flexibility index (Phi) is 4.73. The largest absolute Gasteiger partial charge is 0.393 e. The van der Waals surface area contributed by atoms with Gasteiger partial charge in [-0.05, 0) is 47.5 Å². The number of anilines is 2. The fourth-order valence-corrected chi connectivity index (χ4v) is 2.48. The van der Waals surface area contributed by atoms with Crippen LogP contribution in [0.15, 0.2) is 10.7 Å². The van der Waals surface area contributed by atoms with Crippen LogP contribution in [0.4, 0.5) is 11.8 Å². The normalized spacial score (nSPS) is 23.7. The van der Waals surface area contributed by atoms with Crippen LogP contribution in [-0.2, 0) is 0 Å². The first-order valence-electron chi connectivity index (χ1n) is 6.10. The van der Waals surface area contributed by atoms with E-state index in [-0.39, 0.29) is 6.10 Å². The maximum Gasteiger partial charge on any atom is 0.239 e. The molecule has 0 aliphatic heterocycles. The van der Waals surface area contributed by atoms with Crippen molar-refractivity contribution in [2.75, 3.05) is 17.3 Å². The van der Waals surface area contributed by atoms with Gasteiger partial charge in [0, 0.05) is 12.7 Å². The highest BCUT2D eigenvalue weighted by Crippen LogP contribution is 2.26. The van der Waals surface area contributed by atoms with E-state index >= 15 is 0 Å². The van der Waals surface area contributed by atoms with Crippen molar-refractivity contribution in [3.8, 4) is 0 Å². The first kappa shape index (κ1) is 13.5. The van der Waals surface area contributed by atoms with Gasteiger partial charge >= 0.3 is 0 Å². The lowest BCUT2D eigenvalue weighted by atomic mass is 9.87. The number of aliphatic hydroxyl groups excluding tert-OH is 1. The first-order chi connectivity index (χ1) is 8.69. The molecular formula is C11H18BrN5O. The van der Waals surface area contributed by atoms with E-state index in [2.05, 4.69) is 36.6 Å². The minimum Gasteiger partial charge on any atom is -0.393 e. The average molecular weight is 316 g/mol. The third-order valence-electron chi connectivity index (χ3n) is 3.25. The van der Waals surface area contributed by atoms with Crippen LogP contribution in [0.5, 0.6) is 0 Å². The summed E-state index contributed by atoms with van der Waals surface area (Å²) >= 11 is 3.40. The molecule has 6 nitrogen and oxygen atoms in total. The number of hydrazine groups is 1. The zero-order chi connectivity index (χ0) is 13.0. The molecule has 0 unspecified atom stereocenters. The molecule has 7 heteroatoms. The van der Waals surface area contributed by atoms with Gasteiger partial charge in [0.2, 0.25) is 5.95 Å². The number of nitrogens with zero attached hydrogens (tertiary/aromatic N) is 2. The van der Waals surface area contributed by atoms with Gasteiger partial charge in [-0.2, -0.15) is 4.98 Å². The summed E-state index contributed by atoms with van der Waals surface area (Å²) in [6.07, 6.45) is 5.45. The lowest BCUT2D eigenvalue weighted by molar-refractivity contribution is 0.111. The van der Waals surface area contributed by atoms with Gasteiger partial charge in [-0.25, -0.2) is 10.8 Å². The van der Waals surface area contributed by atoms with Crippen LogP contribution in [0.25, 0.3) is 0 Å². The highest BCUT2D eigenvalue weighted by Gasteiger charge is 2.19. The Morgan fingerprint density at radius 3 is 2.78 bits per heavy atom. The van der Waals surface area contributed by atoms with Crippen LogP contribution in [-0.4, -0.2) is 27.7 Å². The number of aliphatic hydroxyl groups is 1. The molecule has 1 fully saturated rings. The van der Waals surface area contributed by atoms with Crippen LogP contribution in [0.1, 0.15) is 25.7 Å². The number of rotatable bonds is 4. The molecule has 5 N–H and O–H groups in total. The Bertz CT molecular complexity index is 395. The molecule has 100 valence electrons. The van der Waals surface area contributed by atoms with Crippen LogP contribution >= 0.6 is 15.9 Å². The molecule has 1 aliphatic carbocycles. The molecular weight excluding hydrogens is 298 g/mol. The standard InChI is InChI=1S/C11H18BrN5O/c12-9-6-15-11(17-13)16-10(9)14-5-7-1-3-8(18)4-2-7/h6-8,18H,1-5,13H2,(H2,14,15,16,17). The third kappa shape index (κ3) is 3.54. The number of nitrogen functional groups attached to an aromatic ring is 1. The summed E-state index contributed by atoms with van der Waals surface area (Å²) in [4.78, 5) is 8.23. The second-order valence-corrected chi connectivity index (χ2v) is 5.44. The monoisotopic (exact) mass is 315 g/mol. The van der Waals surface area contributed by atoms with Crippen molar-refractivity contribution < 1.29 is 5.11 Å². The number of hydrogen-bond acceptors (Lipinski definition) is 6. The van der Waals surface area contributed by atoms with Crippen molar-refractivity contribution in [3.63, 3.8) is 0 Å². The fourth-order valence-electron chi connectivity index (χ4n) is 2.15. The molecule has 0 aromatic carbocycles. The predicted molar refractivity (Wildman–Crippen MR) is 74.0 cm³/mol. The number of nitrogens with two attached hydrogens (primary N) is 1. The zero-order valence-electron chi connectivity index (χ0n) is 10.1.